The molecule has 2 fully saturated rings. The van der Waals surface area contributed by atoms with Gasteiger partial charge in [-0.25, -0.2) is 4.39 Å². The van der Waals surface area contributed by atoms with Crippen molar-refractivity contribution in [1.82, 2.24) is 14.8 Å². The molecule has 136 valence electrons. The molecule has 0 radical (unpaired) electrons. The van der Waals surface area contributed by atoms with E-state index >= 15 is 0 Å². The summed E-state index contributed by atoms with van der Waals surface area (Å²) in [6.45, 7) is 5.02. The van der Waals surface area contributed by atoms with Crippen LogP contribution in [0.1, 0.15) is 15.9 Å². The van der Waals surface area contributed by atoms with Crippen molar-refractivity contribution in [1.29, 1.82) is 0 Å². The third-order valence-electron chi connectivity index (χ3n) is 5.05. The Bertz CT molecular complexity index is 778. The Hall–Kier alpha value is -2.31. The maximum absolute atomic E-state index is 13.4. The van der Waals surface area contributed by atoms with E-state index in [1.165, 1.54) is 17.8 Å². The Balaban J connectivity index is 1.41. The summed E-state index contributed by atoms with van der Waals surface area (Å²) in [5.74, 6) is -0.669. The van der Waals surface area contributed by atoms with Crippen LogP contribution < -0.4 is 0 Å². The van der Waals surface area contributed by atoms with Crippen LogP contribution in [-0.2, 0) is 11.3 Å². The normalized spacial score (nSPS) is 19.8. The van der Waals surface area contributed by atoms with Crippen LogP contribution in [0.15, 0.2) is 48.8 Å². The summed E-state index contributed by atoms with van der Waals surface area (Å²) in [6, 6.07) is 11.6. The lowest BCUT2D eigenvalue weighted by molar-refractivity contribution is -0.0605. The molecule has 2 aromatic rings. The van der Waals surface area contributed by atoms with E-state index in [-0.39, 0.29) is 11.3 Å². The summed E-state index contributed by atoms with van der Waals surface area (Å²) in [5, 5.41) is 0. The van der Waals surface area contributed by atoms with Gasteiger partial charge in [-0.15, -0.1) is 0 Å². The molecule has 0 N–H and O–H groups in total. The second kappa shape index (κ2) is 7.13. The lowest BCUT2D eigenvalue weighted by Crippen LogP contribution is -2.62. The minimum atomic E-state index is -0.491. The van der Waals surface area contributed by atoms with Gasteiger partial charge in [0.25, 0.3) is 5.91 Å². The van der Waals surface area contributed by atoms with E-state index in [4.69, 9.17) is 4.74 Å². The minimum Gasteiger partial charge on any atom is -0.379 e. The average molecular weight is 355 g/mol. The van der Waals surface area contributed by atoms with Crippen LogP contribution in [0.3, 0.4) is 0 Å². The zero-order valence-corrected chi connectivity index (χ0v) is 14.6. The van der Waals surface area contributed by atoms with Crippen molar-refractivity contribution in [3.63, 3.8) is 0 Å². The zero-order chi connectivity index (χ0) is 18.0. The molecule has 1 aromatic heterocycles. The molecule has 1 spiro atoms. The van der Waals surface area contributed by atoms with E-state index in [1.807, 2.05) is 18.2 Å². The maximum atomic E-state index is 13.4. The highest BCUT2D eigenvalue weighted by Gasteiger charge is 2.46. The van der Waals surface area contributed by atoms with Crippen molar-refractivity contribution in [3.05, 3.63) is 65.7 Å². The van der Waals surface area contributed by atoms with Gasteiger partial charge in [0.05, 0.1) is 25.0 Å². The lowest BCUT2D eigenvalue weighted by atomic mass is 9.79. The lowest BCUT2D eigenvalue weighted by Gasteiger charge is -2.50. The highest BCUT2D eigenvalue weighted by Crippen LogP contribution is 2.34. The van der Waals surface area contributed by atoms with E-state index in [1.54, 1.807) is 4.90 Å². The molecular formula is C20H22FN3O2. The van der Waals surface area contributed by atoms with Gasteiger partial charge in [0.2, 0.25) is 0 Å². The number of amides is 1. The number of nitrogens with zero attached hydrogens (tertiary/aromatic N) is 3. The molecule has 5 nitrogen and oxygen atoms in total. The van der Waals surface area contributed by atoms with E-state index in [2.05, 4.69) is 22.0 Å². The monoisotopic (exact) mass is 355 g/mol. The first-order valence-corrected chi connectivity index (χ1v) is 8.87. The fraction of sp³-hybridized carbons (Fsp3) is 0.400. The molecule has 3 heterocycles. The van der Waals surface area contributed by atoms with E-state index in [0.717, 1.165) is 25.8 Å². The molecule has 0 aliphatic carbocycles. The van der Waals surface area contributed by atoms with Crippen molar-refractivity contribution in [3.8, 4) is 0 Å². The first-order chi connectivity index (χ1) is 12.6. The fourth-order valence-electron chi connectivity index (χ4n) is 3.92. The predicted molar refractivity (Wildman–Crippen MR) is 95.1 cm³/mol. The molecule has 2 aliphatic rings. The number of pyridine rings is 1. The fourth-order valence-corrected chi connectivity index (χ4v) is 3.92. The number of aromatic nitrogens is 1. The molecule has 4 rings (SSSR count). The molecule has 6 heteroatoms. The summed E-state index contributed by atoms with van der Waals surface area (Å²) in [5.41, 5.74) is 1.54. The third-order valence-corrected chi connectivity index (χ3v) is 5.05. The van der Waals surface area contributed by atoms with Crippen LogP contribution in [0.25, 0.3) is 0 Å². The van der Waals surface area contributed by atoms with Gasteiger partial charge in [-0.2, -0.15) is 0 Å². The Kier molecular flexibility index (Phi) is 4.70. The number of likely N-dealkylation sites (tertiary alicyclic amines) is 1. The van der Waals surface area contributed by atoms with Gasteiger partial charge in [-0.05, 0) is 11.6 Å². The summed E-state index contributed by atoms with van der Waals surface area (Å²) >= 11 is 0. The van der Waals surface area contributed by atoms with Crippen molar-refractivity contribution in [2.45, 2.75) is 6.54 Å². The SMILES string of the molecule is O=C(c1cncc(F)c1)N1CCOCC2(CN(Cc3ccccc3)C2)C1. The van der Waals surface area contributed by atoms with Crippen LogP contribution in [-0.4, -0.2) is 60.1 Å². The largest absolute Gasteiger partial charge is 0.379 e. The molecule has 26 heavy (non-hydrogen) atoms. The molecule has 1 amide bonds. The first-order valence-electron chi connectivity index (χ1n) is 8.87. The van der Waals surface area contributed by atoms with Gasteiger partial charge in [0.15, 0.2) is 0 Å². The van der Waals surface area contributed by atoms with Crippen LogP contribution in [0.2, 0.25) is 0 Å². The highest BCUT2D eigenvalue weighted by atomic mass is 19.1. The highest BCUT2D eigenvalue weighted by molar-refractivity contribution is 5.94. The molecule has 2 saturated heterocycles. The minimum absolute atomic E-state index is 0.0400. The molecule has 0 unspecified atom stereocenters. The molecule has 0 saturated carbocycles. The number of ether oxygens (including phenoxy) is 1. The van der Waals surface area contributed by atoms with Gasteiger partial charge >= 0.3 is 0 Å². The average Bonchev–Trinajstić information content (AvgIpc) is 2.85. The molecule has 0 atom stereocenters. The molecule has 2 aliphatic heterocycles. The van der Waals surface area contributed by atoms with E-state index in [0.29, 0.717) is 31.9 Å². The predicted octanol–water partition coefficient (Wildman–Crippen LogP) is 2.20. The van der Waals surface area contributed by atoms with Gasteiger partial charge < -0.3 is 9.64 Å². The Morgan fingerprint density at radius 2 is 2.00 bits per heavy atom. The second-order valence-electron chi connectivity index (χ2n) is 7.30. The Labute approximate surface area is 152 Å². The molecular weight excluding hydrogens is 333 g/mol. The van der Waals surface area contributed by atoms with Crippen LogP contribution in [0, 0.1) is 11.2 Å². The van der Waals surface area contributed by atoms with Crippen molar-refractivity contribution >= 4 is 5.91 Å². The summed E-state index contributed by atoms with van der Waals surface area (Å²) in [6.07, 6.45) is 2.53. The molecule has 1 aromatic carbocycles. The van der Waals surface area contributed by atoms with Crippen LogP contribution >= 0.6 is 0 Å². The van der Waals surface area contributed by atoms with Crippen molar-refractivity contribution in [2.24, 2.45) is 5.41 Å². The first kappa shape index (κ1) is 17.1. The van der Waals surface area contributed by atoms with E-state index < -0.39 is 5.82 Å². The quantitative estimate of drug-likeness (QED) is 0.847. The number of hydrogen-bond donors (Lipinski definition) is 0. The number of carbonyl (C=O) groups is 1. The van der Waals surface area contributed by atoms with Crippen LogP contribution in [0.4, 0.5) is 4.39 Å². The van der Waals surface area contributed by atoms with Crippen molar-refractivity contribution in [2.75, 3.05) is 39.4 Å². The smallest absolute Gasteiger partial charge is 0.255 e. The Morgan fingerprint density at radius 3 is 2.77 bits per heavy atom. The third kappa shape index (κ3) is 3.61. The van der Waals surface area contributed by atoms with Gasteiger partial charge in [-0.1, -0.05) is 30.3 Å². The number of benzene rings is 1. The Morgan fingerprint density at radius 1 is 1.19 bits per heavy atom. The van der Waals surface area contributed by atoms with Crippen LogP contribution in [0.5, 0.6) is 0 Å². The van der Waals surface area contributed by atoms with Gasteiger partial charge in [0, 0.05) is 44.3 Å². The summed E-state index contributed by atoms with van der Waals surface area (Å²) in [7, 11) is 0. The van der Waals surface area contributed by atoms with Gasteiger partial charge in [-0.3, -0.25) is 14.7 Å². The number of rotatable bonds is 3. The standard InChI is InChI=1S/C20H22FN3O2/c21-18-8-17(9-22-10-18)19(25)24-6-7-26-15-20(14-24)12-23(13-20)11-16-4-2-1-3-5-16/h1-5,8-10H,6-7,11-15H2. The zero-order valence-electron chi connectivity index (χ0n) is 14.6. The second-order valence-corrected chi connectivity index (χ2v) is 7.30. The number of carbonyl (C=O) groups excluding carboxylic acids is 1. The summed E-state index contributed by atoms with van der Waals surface area (Å²) in [4.78, 5) is 20.7. The van der Waals surface area contributed by atoms with Crippen molar-refractivity contribution < 1.29 is 13.9 Å². The maximum Gasteiger partial charge on any atom is 0.255 e. The van der Waals surface area contributed by atoms with Gasteiger partial charge in [0.1, 0.15) is 5.82 Å². The summed E-state index contributed by atoms with van der Waals surface area (Å²) < 4.78 is 19.2. The van der Waals surface area contributed by atoms with E-state index in [9.17, 15) is 9.18 Å². The topological polar surface area (TPSA) is 45.7 Å². The number of hydrogen-bond acceptors (Lipinski definition) is 4. The number of halogens is 1. The molecule has 0 bridgehead atoms.